The van der Waals surface area contributed by atoms with Crippen molar-refractivity contribution in [2.75, 3.05) is 44.2 Å². The van der Waals surface area contributed by atoms with Crippen LogP contribution in [-0.4, -0.2) is 70.8 Å². The van der Waals surface area contributed by atoms with Crippen LogP contribution in [0.2, 0.25) is 0 Å². The number of rotatable bonds is 5. The fourth-order valence-electron chi connectivity index (χ4n) is 4.82. The van der Waals surface area contributed by atoms with E-state index in [4.69, 9.17) is 4.74 Å². The lowest BCUT2D eigenvalue weighted by atomic mass is 10.1. The molecule has 36 heavy (non-hydrogen) atoms. The Hall–Kier alpha value is -3.44. The predicted molar refractivity (Wildman–Crippen MR) is 136 cm³/mol. The van der Waals surface area contributed by atoms with Gasteiger partial charge in [0.2, 0.25) is 5.43 Å². The van der Waals surface area contributed by atoms with Crippen molar-refractivity contribution in [1.82, 2.24) is 9.47 Å². The number of carboxylic acid groups (broad SMARTS) is 1. The molecule has 2 aliphatic heterocycles. The number of nitrogens with zero attached hydrogens (tertiary/aromatic N) is 4. The number of ether oxygens (including phenoxy) is 1. The van der Waals surface area contributed by atoms with Crippen molar-refractivity contribution in [2.24, 2.45) is 5.16 Å². The first-order valence-electron chi connectivity index (χ1n) is 11.5. The number of pyridine rings is 1. The van der Waals surface area contributed by atoms with Gasteiger partial charge in [0.25, 0.3) is 0 Å². The number of carboxylic acids is 1. The van der Waals surface area contributed by atoms with Crippen molar-refractivity contribution < 1.29 is 24.2 Å². The van der Waals surface area contributed by atoms with Gasteiger partial charge in [-0.3, -0.25) is 9.69 Å². The zero-order valence-electron chi connectivity index (χ0n) is 19.4. The summed E-state index contributed by atoms with van der Waals surface area (Å²) in [4.78, 5) is 28.4. The second-order valence-electron chi connectivity index (χ2n) is 8.99. The molecule has 1 aromatic heterocycles. The minimum absolute atomic E-state index is 0.00497. The van der Waals surface area contributed by atoms with Crippen molar-refractivity contribution in [2.45, 2.75) is 13.0 Å². The van der Waals surface area contributed by atoms with E-state index in [0.29, 0.717) is 44.0 Å². The van der Waals surface area contributed by atoms with Gasteiger partial charge in [0, 0.05) is 49.0 Å². The van der Waals surface area contributed by atoms with Crippen LogP contribution < -0.4 is 15.1 Å². The summed E-state index contributed by atoms with van der Waals surface area (Å²) in [6, 6.07) is 8.41. The Morgan fingerprint density at radius 3 is 2.56 bits per heavy atom. The lowest BCUT2D eigenvalue weighted by molar-refractivity contribution is 0.0694. The number of aromatic carboxylic acids is 1. The molecule has 1 saturated heterocycles. The van der Waals surface area contributed by atoms with E-state index in [1.165, 1.54) is 6.20 Å². The molecular weight excluding hydrogens is 535 g/mol. The summed E-state index contributed by atoms with van der Waals surface area (Å²) in [5, 5.41) is 22.5. The maximum atomic E-state index is 15.4. The first-order valence-corrected chi connectivity index (χ1v) is 12.3. The highest BCUT2D eigenvalue weighted by molar-refractivity contribution is 9.10. The van der Waals surface area contributed by atoms with Gasteiger partial charge in [0.1, 0.15) is 23.6 Å². The maximum absolute atomic E-state index is 15.4. The molecule has 1 fully saturated rings. The lowest BCUT2D eigenvalue weighted by Crippen LogP contribution is -2.48. The fourth-order valence-corrected chi connectivity index (χ4v) is 5.09. The largest absolute Gasteiger partial charge is 0.487 e. The number of aromatic nitrogens is 1. The summed E-state index contributed by atoms with van der Waals surface area (Å²) in [7, 11) is 0. The highest BCUT2D eigenvalue weighted by Gasteiger charge is 2.31. The Morgan fingerprint density at radius 1 is 1.22 bits per heavy atom. The smallest absolute Gasteiger partial charge is 0.341 e. The molecule has 11 heteroatoms. The second-order valence-corrected chi connectivity index (χ2v) is 9.91. The zero-order valence-corrected chi connectivity index (χ0v) is 21.0. The van der Waals surface area contributed by atoms with Crippen molar-refractivity contribution in [3.05, 3.63) is 68.2 Å². The molecule has 9 nitrogen and oxygen atoms in total. The molecule has 0 radical (unpaired) electrons. The average Bonchev–Trinajstić information content (AvgIpc) is 2.86. The first-order chi connectivity index (χ1) is 17.3. The van der Waals surface area contributed by atoms with E-state index in [9.17, 15) is 19.9 Å². The van der Waals surface area contributed by atoms with Crippen LogP contribution in [-0.2, 0) is 0 Å². The minimum Gasteiger partial charge on any atom is -0.487 e. The summed E-state index contributed by atoms with van der Waals surface area (Å²) in [6.07, 6.45) is 1.32. The Morgan fingerprint density at radius 2 is 1.92 bits per heavy atom. The maximum Gasteiger partial charge on any atom is 0.341 e. The Labute approximate surface area is 214 Å². The number of anilines is 1. The normalized spacial score (nSPS) is 18.4. The highest BCUT2D eigenvalue weighted by Crippen LogP contribution is 2.42. The van der Waals surface area contributed by atoms with E-state index >= 15 is 4.39 Å². The van der Waals surface area contributed by atoms with Crippen LogP contribution in [0.4, 0.5) is 10.1 Å². The average molecular weight is 559 g/mol. The van der Waals surface area contributed by atoms with Crippen molar-refractivity contribution >= 4 is 44.2 Å². The molecule has 5 rings (SSSR count). The zero-order chi connectivity index (χ0) is 25.6. The molecule has 0 spiro atoms. The lowest BCUT2D eigenvalue weighted by Gasteiger charge is -2.38. The molecule has 0 aliphatic carbocycles. The fraction of sp³-hybridized carbons (Fsp3) is 0.320. The van der Waals surface area contributed by atoms with E-state index in [0.717, 1.165) is 16.1 Å². The third-order valence-electron chi connectivity index (χ3n) is 6.73. The molecule has 0 unspecified atom stereocenters. The molecule has 2 aliphatic rings. The van der Waals surface area contributed by atoms with Gasteiger partial charge in [-0.25, -0.2) is 9.18 Å². The number of piperazine rings is 1. The highest BCUT2D eigenvalue weighted by atomic mass is 79.9. The monoisotopic (exact) mass is 558 g/mol. The summed E-state index contributed by atoms with van der Waals surface area (Å²) in [6.45, 7) is 4.68. The van der Waals surface area contributed by atoms with Gasteiger partial charge in [-0.15, -0.1) is 0 Å². The van der Waals surface area contributed by atoms with E-state index in [1.807, 2.05) is 36.1 Å². The van der Waals surface area contributed by atoms with Crippen LogP contribution in [0.3, 0.4) is 0 Å². The molecule has 188 valence electrons. The topological polar surface area (TPSA) is 108 Å². The molecule has 2 aromatic carbocycles. The van der Waals surface area contributed by atoms with E-state index in [2.05, 4.69) is 26.0 Å². The van der Waals surface area contributed by atoms with Crippen LogP contribution >= 0.6 is 15.9 Å². The van der Waals surface area contributed by atoms with Crippen LogP contribution in [0.15, 0.2) is 51.0 Å². The predicted octanol–water partition coefficient (Wildman–Crippen LogP) is 3.56. The number of hydrogen-bond donors (Lipinski definition) is 2. The summed E-state index contributed by atoms with van der Waals surface area (Å²) >= 11 is 3.40. The third-order valence-corrected chi connectivity index (χ3v) is 7.26. The number of halogens is 2. The molecule has 0 saturated carbocycles. The Bertz CT molecular complexity index is 1430. The standard InChI is InChI=1S/C25H24BrFN4O5/c1-14-13-36-24-21-17(23(32)18(25(33)34)11-31(14)21)10-19(27)22(24)30-8-6-29(7-9-30)12-20(28-35)15-2-4-16(26)5-3-15/h2-5,10-11,14,35H,6-9,12-13H2,1H3,(H,33,34)/b28-20+/t14-/m0/s1. The van der Waals surface area contributed by atoms with Crippen LogP contribution in [0, 0.1) is 5.82 Å². The van der Waals surface area contributed by atoms with E-state index in [-0.39, 0.29) is 29.5 Å². The molecule has 3 heterocycles. The van der Waals surface area contributed by atoms with Crippen LogP contribution in [0.1, 0.15) is 28.9 Å². The van der Waals surface area contributed by atoms with E-state index < -0.39 is 22.8 Å². The Kier molecular flexibility index (Phi) is 6.44. The van der Waals surface area contributed by atoms with Crippen molar-refractivity contribution in [1.29, 1.82) is 0 Å². The summed E-state index contributed by atoms with van der Waals surface area (Å²) < 4.78 is 24.0. The summed E-state index contributed by atoms with van der Waals surface area (Å²) in [5.74, 6) is -1.71. The molecule has 2 N–H and O–H groups in total. The number of carbonyl (C=O) groups is 1. The van der Waals surface area contributed by atoms with Gasteiger partial charge in [0.05, 0.1) is 16.9 Å². The van der Waals surface area contributed by atoms with Crippen LogP contribution in [0.5, 0.6) is 5.75 Å². The third kappa shape index (κ3) is 4.22. The van der Waals surface area contributed by atoms with Crippen molar-refractivity contribution in [3.8, 4) is 5.75 Å². The molecule has 0 bridgehead atoms. The molecule has 0 amide bonds. The van der Waals surface area contributed by atoms with Gasteiger partial charge in [-0.05, 0) is 25.1 Å². The molecule has 1 atom stereocenters. The number of hydrogen-bond acceptors (Lipinski definition) is 7. The van der Waals surface area contributed by atoms with Gasteiger partial charge in [-0.1, -0.05) is 33.2 Å². The van der Waals surface area contributed by atoms with Gasteiger partial charge in [0.15, 0.2) is 11.6 Å². The first kappa shape index (κ1) is 24.3. The molecule has 3 aromatic rings. The van der Waals surface area contributed by atoms with E-state index in [1.54, 1.807) is 4.57 Å². The van der Waals surface area contributed by atoms with Gasteiger partial charge in [-0.2, -0.15) is 0 Å². The quantitative estimate of drug-likeness (QED) is 0.280. The van der Waals surface area contributed by atoms with Crippen LogP contribution in [0.25, 0.3) is 10.9 Å². The van der Waals surface area contributed by atoms with Gasteiger partial charge >= 0.3 is 5.97 Å². The number of oxime groups is 1. The summed E-state index contributed by atoms with van der Waals surface area (Å²) in [5.41, 5.74) is 0.913. The van der Waals surface area contributed by atoms with Crippen molar-refractivity contribution in [3.63, 3.8) is 0 Å². The second kappa shape index (κ2) is 9.55. The number of benzene rings is 2. The molecular formula is C25H24BrFN4O5. The minimum atomic E-state index is -1.35. The Balaban J connectivity index is 1.43. The SMILES string of the molecule is C[C@H]1COc2c(N3CCN(C/C(=N\O)c4ccc(Br)cc4)CC3)c(F)cc3c(=O)c(C(=O)O)cn1c23. The van der Waals surface area contributed by atoms with Gasteiger partial charge < -0.3 is 24.5 Å².